The number of benzene rings is 2. The summed E-state index contributed by atoms with van der Waals surface area (Å²) in [5.74, 6) is -0.0591. The molecular weight excluding hydrogens is 272 g/mol. The number of hydrogen-bond donors (Lipinski definition) is 3. The van der Waals surface area contributed by atoms with Crippen LogP contribution in [0.4, 0.5) is 11.4 Å². The van der Waals surface area contributed by atoms with E-state index in [9.17, 15) is 20.3 Å². The van der Waals surface area contributed by atoms with Crippen LogP contribution in [0.1, 0.15) is 24.1 Å². The molecular formula is C15H16N2O4. The van der Waals surface area contributed by atoms with Gasteiger partial charge in [-0.2, -0.15) is 0 Å². The van der Waals surface area contributed by atoms with E-state index in [1.54, 1.807) is 32.0 Å². The summed E-state index contributed by atoms with van der Waals surface area (Å²) < 4.78 is 0. The number of rotatable bonds is 4. The van der Waals surface area contributed by atoms with Crippen molar-refractivity contribution >= 4 is 11.4 Å². The van der Waals surface area contributed by atoms with Crippen LogP contribution in [-0.2, 0) is 0 Å². The molecule has 110 valence electrons. The molecule has 21 heavy (non-hydrogen) atoms. The van der Waals surface area contributed by atoms with Gasteiger partial charge in [-0.15, -0.1) is 0 Å². The molecule has 1 atom stereocenters. The molecule has 2 aromatic carbocycles. The zero-order chi connectivity index (χ0) is 15.6. The molecule has 0 aliphatic rings. The Morgan fingerprint density at radius 2 is 1.71 bits per heavy atom. The van der Waals surface area contributed by atoms with E-state index in [4.69, 9.17) is 0 Å². The van der Waals surface area contributed by atoms with Crippen LogP contribution in [0.25, 0.3) is 0 Å². The third-order valence-electron chi connectivity index (χ3n) is 3.37. The van der Waals surface area contributed by atoms with E-state index >= 15 is 0 Å². The summed E-state index contributed by atoms with van der Waals surface area (Å²) in [5.41, 5.74) is 1.46. The van der Waals surface area contributed by atoms with Crippen LogP contribution in [-0.4, -0.2) is 15.1 Å². The second-order valence-corrected chi connectivity index (χ2v) is 4.78. The van der Waals surface area contributed by atoms with Crippen LogP contribution < -0.4 is 5.32 Å². The second kappa shape index (κ2) is 5.70. The van der Waals surface area contributed by atoms with Gasteiger partial charge in [-0.1, -0.05) is 12.1 Å². The number of aromatic hydroxyl groups is 2. The predicted molar refractivity (Wildman–Crippen MR) is 79.6 cm³/mol. The van der Waals surface area contributed by atoms with Gasteiger partial charge in [0, 0.05) is 17.3 Å². The lowest BCUT2D eigenvalue weighted by molar-refractivity contribution is -0.385. The van der Waals surface area contributed by atoms with Gasteiger partial charge in [0.15, 0.2) is 0 Å². The number of phenols is 2. The first kappa shape index (κ1) is 14.6. The topological polar surface area (TPSA) is 95.6 Å². The molecule has 0 aliphatic heterocycles. The maximum Gasteiger partial charge on any atom is 0.274 e. The number of nitrogens with zero attached hydrogens (tertiary/aromatic N) is 1. The van der Waals surface area contributed by atoms with Crippen molar-refractivity contribution in [3.8, 4) is 11.5 Å². The normalized spacial score (nSPS) is 11.9. The molecule has 0 aromatic heterocycles. The van der Waals surface area contributed by atoms with Crippen LogP contribution in [0.5, 0.6) is 11.5 Å². The molecule has 0 saturated heterocycles. The van der Waals surface area contributed by atoms with Crippen LogP contribution in [0, 0.1) is 17.0 Å². The van der Waals surface area contributed by atoms with E-state index in [-0.39, 0.29) is 17.2 Å². The van der Waals surface area contributed by atoms with E-state index in [1.807, 2.05) is 0 Å². The van der Waals surface area contributed by atoms with E-state index in [2.05, 4.69) is 5.32 Å². The lowest BCUT2D eigenvalue weighted by Gasteiger charge is -2.19. The first-order chi connectivity index (χ1) is 9.91. The molecule has 0 spiro atoms. The fourth-order valence-electron chi connectivity index (χ4n) is 2.27. The highest BCUT2D eigenvalue weighted by Gasteiger charge is 2.18. The summed E-state index contributed by atoms with van der Waals surface area (Å²) >= 11 is 0. The minimum atomic E-state index is -0.442. The Labute approximate surface area is 121 Å². The monoisotopic (exact) mass is 288 g/mol. The lowest BCUT2D eigenvalue weighted by atomic mass is 10.0. The van der Waals surface area contributed by atoms with Gasteiger partial charge in [-0.25, -0.2) is 0 Å². The van der Waals surface area contributed by atoms with E-state index in [0.717, 1.165) is 0 Å². The van der Waals surface area contributed by atoms with Gasteiger partial charge in [0.05, 0.1) is 16.5 Å². The fraction of sp³-hybridized carbons (Fsp3) is 0.200. The van der Waals surface area contributed by atoms with Crippen LogP contribution >= 0.6 is 0 Å². The van der Waals surface area contributed by atoms with Crippen LogP contribution in [0.2, 0.25) is 0 Å². The Hall–Kier alpha value is -2.76. The van der Waals surface area contributed by atoms with Gasteiger partial charge in [0.25, 0.3) is 5.69 Å². The number of nitro groups is 1. The minimum Gasteiger partial charge on any atom is -0.507 e. The van der Waals surface area contributed by atoms with E-state index < -0.39 is 11.0 Å². The van der Waals surface area contributed by atoms with E-state index in [1.165, 1.54) is 18.2 Å². The Morgan fingerprint density at radius 1 is 1.14 bits per heavy atom. The molecule has 0 bridgehead atoms. The van der Waals surface area contributed by atoms with Crippen molar-refractivity contribution in [3.63, 3.8) is 0 Å². The van der Waals surface area contributed by atoms with Crippen molar-refractivity contribution in [3.05, 3.63) is 57.6 Å². The average molecular weight is 288 g/mol. The van der Waals surface area contributed by atoms with E-state index in [0.29, 0.717) is 16.8 Å². The first-order valence-corrected chi connectivity index (χ1v) is 6.43. The average Bonchev–Trinajstić information content (AvgIpc) is 2.40. The van der Waals surface area contributed by atoms with Crippen molar-refractivity contribution in [1.82, 2.24) is 0 Å². The van der Waals surface area contributed by atoms with Crippen molar-refractivity contribution in [2.24, 2.45) is 0 Å². The van der Waals surface area contributed by atoms with Crippen LogP contribution in [0.15, 0.2) is 36.4 Å². The minimum absolute atomic E-state index is 0.0219. The molecule has 0 aliphatic carbocycles. The molecule has 0 saturated carbocycles. The van der Waals surface area contributed by atoms with Crippen molar-refractivity contribution in [2.75, 3.05) is 5.32 Å². The van der Waals surface area contributed by atoms with Crippen LogP contribution in [0.3, 0.4) is 0 Å². The quantitative estimate of drug-likeness (QED) is 0.591. The van der Waals surface area contributed by atoms with Gasteiger partial charge in [0.1, 0.15) is 11.5 Å². The Morgan fingerprint density at radius 3 is 2.29 bits per heavy atom. The summed E-state index contributed by atoms with van der Waals surface area (Å²) in [5, 5.41) is 33.7. The number of nitrogens with one attached hydrogen (secondary N) is 1. The summed E-state index contributed by atoms with van der Waals surface area (Å²) in [4.78, 5) is 10.5. The molecule has 3 N–H and O–H groups in total. The SMILES string of the molecule is Cc1c(NC(C)c2c(O)cccc2O)cccc1[N+](=O)[O-]. The maximum absolute atomic E-state index is 10.9. The molecule has 6 nitrogen and oxygen atoms in total. The van der Waals surface area contributed by atoms with Crippen molar-refractivity contribution < 1.29 is 15.1 Å². The maximum atomic E-state index is 10.9. The highest BCUT2D eigenvalue weighted by Crippen LogP contribution is 2.35. The van der Waals surface area contributed by atoms with Gasteiger partial charge in [-0.05, 0) is 32.0 Å². The largest absolute Gasteiger partial charge is 0.507 e. The first-order valence-electron chi connectivity index (χ1n) is 6.43. The second-order valence-electron chi connectivity index (χ2n) is 4.78. The molecule has 0 fully saturated rings. The highest BCUT2D eigenvalue weighted by molar-refractivity contribution is 5.61. The molecule has 1 unspecified atom stereocenters. The standard InChI is InChI=1S/C15H16N2O4/c1-9-11(5-3-6-12(9)17(20)21)16-10(2)15-13(18)7-4-8-14(15)19/h3-8,10,16,18-19H,1-2H3. The molecule has 2 rings (SSSR count). The Balaban J connectivity index is 2.34. The van der Waals surface area contributed by atoms with Crippen molar-refractivity contribution in [1.29, 1.82) is 0 Å². The number of hydrogen-bond acceptors (Lipinski definition) is 5. The van der Waals surface area contributed by atoms with Crippen molar-refractivity contribution in [2.45, 2.75) is 19.9 Å². The third kappa shape index (κ3) is 2.89. The number of phenolic OH excluding ortho intramolecular Hbond substituents is 2. The fourth-order valence-corrected chi connectivity index (χ4v) is 2.27. The predicted octanol–water partition coefficient (Wildman–Crippen LogP) is 3.49. The Bertz CT molecular complexity index is 665. The summed E-state index contributed by atoms with van der Waals surface area (Å²) in [6.07, 6.45) is 0. The highest BCUT2D eigenvalue weighted by atomic mass is 16.6. The zero-order valence-electron chi connectivity index (χ0n) is 11.7. The lowest BCUT2D eigenvalue weighted by Crippen LogP contribution is -2.09. The molecule has 0 amide bonds. The van der Waals surface area contributed by atoms with Gasteiger partial charge in [0.2, 0.25) is 0 Å². The molecule has 2 aromatic rings. The summed E-state index contributed by atoms with van der Waals surface area (Å²) in [6.45, 7) is 3.41. The van der Waals surface area contributed by atoms with Gasteiger partial charge in [-0.3, -0.25) is 10.1 Å². The zero-order valence-corrected chi connectivity index (χ0v) is 11.7. The summed E-state index contributed by atoms with van der Waals surface area (Å²) in [6, 6.07) is 8.83. The van der Waals surface area contributed by atoms with Gasteiger partial charge < -0.3 is 15.5 Å². The number of anilines is 1. The summed E-state index contributed by atoms with van der Waals surface area (Å²) in [7, 11) is 0. The molecule has 0 radical (unpaired) electrons. The molecule has 6 heteroatoms. The smallest absolute Gasteiger partial charge is 0.274 e. The molecule has 0 heterocycles. The number of nitro benzene ring substituents is 1. The van der Waals surface area contributed by atoms with Gasteiger partial charge >= 0.3 is 0 Å². The third-order valence-corrected chi connectivity index (χ3v) is 3.37. The Kier molecular flexibility index (Phi) is 3.98.